The third kappa shape index (κ3) is 6.80. The zero-order chi connectivity index (χ0) is 21.3. The van der Waals surface area contributed by atoms with Gasteiger partial charge < -0.3 is 15.0 Å². The number of nitrogens with zero attached hydrogens (tertiary/aromatic N) is 4. The van der Waals surface area contributed by atoms with E-state index in [0.29, 0.717) is 19.1 Å². The summed E-state index contributed by atoms with van der Waals surface area (Å²) in [7, 11) is 0. The lowest BCUT2D eigenvalue weighted by Gasteiger charge is -2.21. The quantitative estimate of drug-likeness (QED) is 0.258. The molecule has 1 aromatic heterocycles. The van der Waals surface area contributed by atoms with Crippen LogP contribution in [0.2, 0.25) is 0 Å². The smallest absolute Gasteiger partial charge is 0.194 e. The van der Waals surface area contributed by atoms with Crippen LogP contribution < -0.4 is 5.32 Å². The molecule has 2 aromatic carbocycles. The molecular formula is C25H32IN5O. The summed E-state index contributed by atoms with van der Waals surface area (Å²) in [5.41, 5.74) is 3.38. The second-order valence-corrected chi connectivity index (χ2v) is 7.90. The van der Waals surface area contributed by atoms with Gasteiger partial charge in [0, 0.05) is 37.3 Å². The molecule has 1 aliphatic heterocycles. The predicted molar refractivity (Wildman–Crippen MR) is 140 cm³/mol. The van der Waals surface area contributed by atoms with E-state index < -0.39 is 0 Å². The van der Waals surface area contributed by atoms with Gasteiger partial charge in [-0.15, -0.1) is 24.0 Å². The third-order valence-electron chi connectivity index (χ3n) is 5.45. The highest BCUT2D eigenvalue weighted by Gasteiger charge is 2.25. The van der Waals surface area contributed by atoms with E-state index in [-0.39, 0.29) is 24.0 Å². The zero-order valence-corrected chi connectivity index (χ0v) is 20.9. The predicted octanol–water partition coefficient (Wildman–Crippen LogP) is 4.49. The molecule has 0 spiro atoms. The third-order valence-corrected chi connectivity index (χ3v) is 5.45. The zero-order valence-electron chi connectivity index (χ0n) is 18.6. The Hall–Kier alpha value is -2.39. The van der Waals surface area contributed by atoms with E-state index in [1.54, 1.807) is 0 Å². The maximum absolute atomic E-state index is 5.97. The summed E-state index contributed by atoms with van der Waals surface area (Å²) < 4.78 is 7.86. The van der Waals surface area contributed by atoms with Crippen molar-refractivity contribution in [1.82, 2.24) is 20.0 Å². The molecule has 2 heterocycles. The molecule has 1 unspecified atom stereocenters. The second kappa shape index (κ2) is 12.6. The number of aromatic nitrogens is 2. The molecule has 1 N–H and O–H groups in total. The number of rotatable bonds is 8. The van der Waals surface area contributed by atoms with Gasteiger partial charge in [-0.05, 0) is 31.0 Å². The van der Waals surface area contributed by atoms with Crippen molar-refractivity contribution in [2.45, 2.75) is 26.5 Å². The van der Waals surface area contributed by atoms with Gasteiger partial charge in [-0.3, -0.25) is 0 Å². The number of halogens is 1. The Morgan fingerprint density at radius 3 is 2.59 bits per heavy atom. The average Bonchev–Trinajstić information content (AvgIpc) is 3.48. The number of likely N-dealkylation sites (tertiary alicyclic amines) is 1. The van der Waals surface area contributed by atoms with E-state index in [2.05, 4.69) is 46.5 Å². The highest BCUT2D eigenvalue weighted by atomic mass is 127. The topological polar surface area (TPSA) is 54.7 Å². The highest BCUT2D eigenvalue weighted by molar-refractivity contribution is 14.0. The van der Waals surface area contributed by atoms with Crippen molar-refractivity contribution in [3.8, 4) is 5.69 Å². The lowest BCUT2D eigenvalue weighted by atomic mass is 10.1. The first-order valence-electron chi connectivity index (χ1n) is 11.1. The lowest BCUT2D eigenvalue weighted by molar-refractivity contribution is 0.0906. The van der Waals surface area contributed by atoms with Crippen LogP contribution in [-0.2, 0) is 17.9 Å². The van der Waals surface area contributed by atoms with Crippen LogP contribution in [0.5, 0.6) is 0 Å². The van der Waals surface area contributed by atoms with Crippen LogP contribution in [0, 0.1) is 5.92 Å². The summed E-state index contributed by atoms with van der Waals surface area (Å²) in [6.45, 7) is 7.03. The van der Waals surface area contributed by atoms with Gasteiger partial charge in [-0.25, -0.2) is 9.67 Å². The molecule has 0 saturated carbocycles. The molecule has 0 bridgehead atoms. The fourth-order valence-electron chi connectivity index (χ4n) is 3.83. The fraction of sp³-hybridized carbons (Fsp3) is 0.360. The summed E-state index contributed by atoms with van der Waals surface area (Å²) in [6, 6.07) is 20.5. The molecule has 1 atom stereocenters. The van der Waals surface area contributed by atoms with E-state index in [4.69, 9.17) is 9.73 Å². The van der Waals surface area contributed by atoms with E-state index in [1.807, 2.05) is 53.5 Å². The molecule has 1 fully saturated rings. The van der Waals surface area contributed by atoms with Crippen molar-refractivity contribution in [1.29, 1.82) is 0 Å². The SMILES string of the molecule is CCNC(=NCc1cnn(-c2ccccc2)c1)N1CCC(COCc2ccccc2)C1.I. The van der Waals surface area contributed by atoms with Gasteiger partial charge in [0.1, 0.15) is 0 Å². The summed E-state index contributed by atoms with van der Waals surface area (Å²) in [6.07, 6.45) is 5.07. The molecule has 0 amide bonds. The lowest BCUT2D eigenvalue weighted by Crippen LogP contribution is -2.40. The number of guanidine groups is 1. The number of hydrogen-bond acceptors (Lipinski definition) is 3. The number of para-hydroxylation sites is 1. The van der Waals surface area contributed by atoms with E-state index in [9.17, 15) is 0 Å². The Bertz CT molecular complexity index is 961. The minimum absolute atomic E-state index is 0. The van der Waals surface area contributed by atoms with Gasteiger partial charge in [0.05, 0.1) is 31.6 Å². The van der Waals surface area contributed by atoms with Crippen LogP contribution in [-0.4, -0.2) is 46.9 Å². The van der Waals surface area contributed by atoms with Crippen LogP contribution >= 0.6 is 24.0 Å². The number of aliphatic imine (C=N–C) groups is 1. The maximum Gasteiger partial charge on any atom is 0.194 e. The monoisotopic (exact) mass is 545 g/mol. The Morgan fingerprint density at radius 2 is 1.84 bits per heavy atom. The van der Waals surface area contributed by atoms with Crippen LogP contribution in [0.1, 0.15) is 24.5 Å². The first-order chi connectivity index (χ1) is 15.3. The van der Waals surface area contributed by atoms with Gasteiger partial charge in [-0.1, -0.05) is 48.5 Å². The highest BCUT2D eigenvalue weighted by Crippen LogP contribution is 2.18. The van der Waals surface area contributed by atoms with Crippen LogP contribution in [0.4, 0.5) is 0 Å². The molecule has 1 aliphatic rings. The van der Waals surface area contributed by atoms with Gasteiger partial charge in [0.15, 0.2) is 5.96 Å². The van der Waals surface area contributed by atoms with Crippen molar-refractivity contribution in [3.05, 3.63) is 84.2 Å². The molecule has 170 valence electrons. The van der Waals surface area contributed by atoms with Crippen molar-refractivity contribution in [2.75, 3.05) is 26.2 Å². The van der Waals surface area contributed by atoms with Crippen LogP contribution in [0.15, 0.2) is 78.0 Å². The Labute approximate surface area is 207 Å². The van der Waals surface area contributed by atoms with Gasteiger partial charge in [-0.2, -0.15) is 5.10 Å². The average molecular weight is 545 g/mol. The molecule has 1 saturated heterocycles. The van der Waals surface area contributed by atoms with Crippen molar-refractivity contribution >= 4 is 29.9 Å². The van der Waals surface area contributed by atoms with Gasteiger partial charge in [0.2, 0.25) is 0 Å². The van der Waals surface area contributed by atoms with Crippen LogP contribution in [0.25, 0.3) is 5.69 Å². The normalized spacial score (nSPS) is 16.1. The number of nitrogens with one attached hydrogen (secondary N) is 1. The molecule has 0 radical (unpaired) electrons. The van der Waals surface area contributed by atoms with Gasteiger partial charge >= 0.3 is 0 Å². The fourth-order valence-corrected chi connectivity index (χ4v) is 3.83. The Morgan fingerprint density at radius 1 is 1.09 bits per heavy atom. The van der Waals surface area contributed by atoms with E-state index >= 15 is 0 Å². The molecule has 6 nitrogen and oxygen atoms in total. The minimum atomic E-state index is 0. The number of hydrogen-bond donors (Lipinski definition) is 1. The maximum atomic E-state index is 5.97. The Balaban J connectivity index is 0.00000289. The molecule has 0 aliphatic carbocycles. The first-order valence-corrected chi connectivity index (χ1v) is 11.1. The summed E-state index contributed by atoms with van der Waals surface area (Å²) in [5, 5.41) is 7.92. The molecular weight excluding hydrogens is 513 g/mol. The summed E-state index contributed by atoms with van der Waals surface area (Å²) in [5.74, 6) is 1.51. The second-order valence-electron chi connectivity index (χ2n) is 7.90. The van der Waals surface area contributed by atoms with Crippen molar-refractivity contribution in [2.24, 2.45) is 10.9 Å². The van der Waals surface area contributed by atoms with Crippen LogP contribution in [0.3, 0.4) is 0 Å². The molecule has 32 heavy (non-hydrogen) atoms. The first kappa shape index (κ1) is 24.3. The largest absolute Gasteiger partial charge is 0.376 e. The molecule has 4 rings (SSSR count). The standard InChI is InChI=1S/C25H31N5O.HI/c1-2-26-25(27-15-23-16-28-30(18-23)24-11-7-4-8-12-24)29-14-13-22(17-29)20-31-19-21-9-5-3-6-10-21;/h3-12,16,18,22H,2,13-15,17,19-20H2,1H3,(H,26,27);1H. The number of ether oxygens (including phenoxy) is 1. The molecule has 3 aromatic rings. The van der Waals surface area contributed by atoms with Gasteiger partial charge in [0.25, 0.3) is 0 Å². The summed E-state index contributed by atoms with van der Waals surface area (Å²) >= 11 is 0. The molecule has 7 heteroatoms. The van der Waals surface area contributed by atoms with Crippen molar-refractivity contribution in [3.63, 3.8) is 0 Å². The van der Waals surface area contributed by atoms with E-state index in [0.717, 1.165) is 49.9 Å². The van der Waals surface area contributed by atoms with Crippen molar-refractivity contribution < 1.29 is 4.74 Å². The summed E-state index contributed by atoms with van der Waals surface area (Å²) in [4.78, 5) is 7.22. The number of benzene rings is 2. The Kier molecular flexibility index (Phi) is 9.55. The minimum Gasteiger partial charge on any atom is -0.376 e. The van der Waals surface area contributed by atoms with E-state index in [1.165, 1.54) is 5.56 Å².